The topological polar surface area (TPSA) is 29.4 Å². The van der Waals surface area contributed by atoms with E-state index in [0.717, 1.165) is 6.42 Å². The Morgan fingerprint density at radius 2 is 1.94 bits per heavy atom. The molecule has 1 rings (SSSR count). The third kappa shape index (κ3) is 3.58. The smallest absolute Gasteiger partial charge is 0.103 e. The van der Waals surface area contributed by atoms with Crippen molar-refractivity contribution in [2.24, 2.45) is 21.9 Å². The van der Waals surface area contributed by atoms with Crippen LogP contribution in [0, 0.1) is 21.7 Å². The first kappa shape index (κ1) is 13.1. The van der Waals surface area contributed by atoms with Crippen LogP contribution in [0.3, 0.4) is 0 Å². The van der Waals surface area contributed by atoms with Gasteiger partial charge >= 0.3 is 0 Å². The molecule has 0 amide bonds. The van der Waals surface area contributed by atoms with Gasteiger partial charge in [-0.15, -0.1) is 4.91 Å². The van der Waals surface area contributed by atoms with Gasteiger partial charge in [-0.25, -0.2) is 0 Å². The molecule has 0 aromatic rings. The monoisotopic (exact) mass is 221 g/mol. The van der Waals surface area contributed by atoms with Gasteiger partial charge in [0.15, 0.2) is 0 Å². The van der Waals surface area contributed by atoms with E-state index in [4.69, 9.17) is 0 Å². The highest BCUT2D eigenvalue weighted by Gasteiger charge is 2.32. The molecule has 1 unspecified atom stereocenters. The Morgan fingerprint density at radius 1 is 1.31 bits per heavy atom. The van der Waals surface area contributed by atoms with E-state index >= 15 is 0 Å². The maximum atomic E-state index is 10.4. The van der Waals surface area contributed by atoms with E-state index in [1.165, 1.54) is 6.42 Å². The SMILES string of the molecule is CC(C)(C)CC(C)(C)C1C=CC(N=O)=CC1. The summed E-state index contributed by atoms with van der Waals surface area (Å²) < 4.78 is 0. The summed E-state index contributed by atoms with van der Waals surface area (Å²) in [6, 6.07) is 0. The van der Waals surface area contributed by atoms with Crippen molar-refractivity contribution in [3.63, 3.8) is 0 Å². The minimum Gasteiger partial charge on any atom is -0.145 e. The molecule has 1 aliphatic carbocycles. The molecule has 0 aromatic heterocycles. The van der Waals surface area contributed by atoms with Crippen LogP contribution < -0.4 is 0 Å². The van der Waals surface area contributed by atoms with Crippen molar-refractivity contribution in [2.45, 2.75) is 47.5 Å². The van der Waals surface area contributed by atoms with Crippen LogP contribution >= 0.6 is 0 Å². The molecule has 16 heavy (non-hydrogen) atoms. The van der Waals surface area contributed by atoms with E-state index in [1.807, 2.05) is 12.2 Å². The number of hydrogen-bond donors (Lipinski definition) is 0. The second-order valence-electron chi connectivity index (χ2n) is 6.65. The van der Waals surface area contributed by atoms with Gasteiger partial charge in [-0.2, -0.15) is 0 Å². The molecule has 0 aromatic carbocycles. The number of nitroso groups, excluding NO2 is 1. The van der Waals surface area contributed by atoms with Gasteiger partial charge in [0.2, 0.25) is 0 Å². The third-order valence-corrected chi connectivity index (χ3v) is 3.18. The van der Waals surface area contributed by atoms with E-state index in [2.05, 4.69) is 45.9 Å². The fourth-order valence-corrected chi connectivity index (χ4v) is 2.75. The van der Waals surface area contributed by atoms with Crippen LogP contribution in [-0.2, 0) is 0 Å². The lowest BCUT2D eigenvalue weighted by atomic mass is 9.67. The molecule has 2 nitrogen and oxygen atoms in total. The van der Waals surface area contributed by atoms with E-state index in [9.17, 15) is 4.91 Å². The molecule has 0 bridgehead atoms. The lowest BCUT2D eigenvalue weighted by molar-refractivity contribution is 0.157. The van der Waals surface area contributed by atoms with E-state index in [0.29, 0.717) is 17.0 Å². The van der Waals surface area contributed by atoms with Crippen molar-refractivity contribution in [1.29, 1.82) is 0 Å². The standard InChI is InChI=1S/C14H23NO/c1-13(2,3)10-14(4,5)11-6-8-12(15-16)9-7-11/h6,8-9,11H,7,10H2,1-5H3. The second-order valence-corrected chi connectivity index (χ2v) is 6.65. The fourth-order valence-electron chi connectivity index (χ4n) is 2.75. The van der Waals surface area contributed by atoms with E-state index in [1.54, 1.807) is 0 Å². The average molecular weight is 221 g/mol. The largest absolute Gasteiger partial charge is 0.145 e. The lowest BCUT2D eigenvalue weighted by Crippen LogP contribution is -2.28. The van der Waals surface area contributed by atoms with Crippen LogP contribution in [0.25, 0.3) is 0 Å². The van der Waals surface area contributed by atoms with Gasteiger partial charge in [-0.05, 0) is 40.8 Å². The summed E-state index contributed by atoms with van der Waals surface area (Å²) in [5, 5.41) is 2.96. The number of hydrogen-bond acceptors (Lipinski definition) is 2. The molecule has 1 aliphatic rings. The summed E-state index contributed by atoms with van der Waals surface area (Å²) in [6.07, 6.45) is 8.05. The molecule has 0 saturated heterocycles. The van der Waals surface area contributed by atoms with Crippen LogP contribution in [0.15, 0.2) is 29.1 Å². The van der Waals surface area contributed by atoms with Crippen molar-refractivity contribution in [1.82, 2.24) is 0 Å². The molecule has 0 fully saturated rings. The van der Waals surface area contributed by atoms with Gasteiger partial charge in [0, 0.05) is 0 Å². The van der Waals surface area contributed by atoms with Crippen LogP contribution in [0.5, 0.6) is 0 Å². The summed E-state index contributed by atoms with van der Waals surface area (Å²) in [5.74, 6) is 0.511. The summed E-state index contributed by atoms with van der Waals surface area (Å²) in [4.78, 5) is 10.4. The molecule has 1 atom stereocenters. The van der Waals surface area contributed by atoms with Gasteiger partial charge < -0.3 is 0 Å². The molecular formula is C14H23NO. The first-order valence-corrected chi connectivity index (χ1v) is 5.96. The Bertz CT molecular complexity index is 318. The molecule has 90 valence electrons. The summed E-state index contributed by atoms with van der Waals surface area (Å²) >= 11 is 0. The molecule has 0 radical (unpaired) electrons. The van der Waals surface area contributed by atoms with E-state index in [-0.39, 0.29) is 5.41 Å². The molecule has 0 aliphatic heterocycles. The van der Waals surface area contributed by atoms with Crippen molar-refractivity contribution >= 4 is 0 Å². The molecule has 0 N–H and O–H groups in total. The van der Waals surface area contributed by atoms with Crippen LogP contribution in [-0.4, -0.2) is 0 Å². The van der Waals surface area contributed by atoms with Crippen molar-refractivity contribution in [3.05, 3.63) is 28.8 Å². The quantitative estimate of drug-likeness (QED) is 0.636. The molecule has 0 spiro atoms. The second kappa shape index (κ2) is 4.52. The highest BCUT2D eigenvalue weighted by Crippen LogP contribution is 2.42. The third-order valence-electron chi connectivity index (χ3n) is 3.18. The molecular weight excluding hydrogens is 198 g/mol. The summed E-state index contributed by atoms with van der Waals surface area (Å²) in [6.45, 7) is 11.4. The van der Waals surface area contributed by atoms with Gasteiger partial charge in [0.1, 0.15) is 5.70 Å². The van der Waals surface area contributed by atoms with Crippen molar-refractivity contribution < 1.29 is 0 Å². The molecule has 2 heteroatoms. The Balaban J connectivity index is 2.70. The highest BCUT2D eigenvalue weighted by molar-refractivity contribution is 5.23. The van der Waals surface area contributed by atoms with Crippen LogP contribution in [0.1, 0.15) is 47.5 Å². The minimum absolute atomic E-state index is 0.264. The zero-order chi connectivity index (χ0) is 12.4. The molecule has 0 heterocycles. The van der Waals surface area contributed by atoms with Crippen LogP contribution in [0.4, 0.5) is 0 Å². The van der Waals surface area contributed by atoms with Crippen molar-refractivity contribution in [3.8, 4) is 0 Å². The maximum absolute atomic E-state index is 10.4. The van der Waals surface area contributed by atoms with Gasteiger partial charge in [0.05, 0.1) is 0 Å². The van der Waals surface area contributed by atoms with Gasteiger partial charge in [0.25, 0.3) is 0 Å². The fraction of sp³-hybridized carbons (Fsp3) is 0.714. The first-order chi connectivity index (χ1) is 7.24. The molecule has 0 saturated carbocycles. The maximum Gasteiger partial charge on any atom is 0.103 e. The van der Waals surface area contributed by atoms with Crippen molar-refractivity contribution in [2.75, 3.05) is 0 Å². The summed E-state index contributed by atoms with van der Waals surface area (Å²) in [7, 11) is 0. The highest BCUT2D eigenvalue weighted by atomic mass is 16.3. The average Bonchev–Trinajstić information content (AvgIpc) is 2.14. The Morgan fingerprint density at radius 3 is 2.31 bits per heavy atom. The number of nitrogens with zero attached hydrogens (tertiary/aromatic N) is 1. The first-order valence-electron chi connectivity index (χ1n) is 5.96. The predicted molar refractivity (Wildman–Crippen MR) is 69.0 cm³/mol. The normalized spacial score (nSPS) is 21.8. The summed E-state index contributed by atoms with van der Waals surface area (Å²) in [5.41, 5.74) is 1.17. The minimum atomic E-state index is 0.264. The van der Waals surface area contributed by atoms with E-state index < -0.39 is 0 Å². The zero-order valence-electron chi connectivity index (χ0n) is 11.1. The number of rotatable bonds is 3. The Labute approximate surface area is 98.8 Å². The number of allylic oxidation sites excluding steroid dienone is 3. The zero-order valence-corrected chi connectivity index (χ0v) is 11.1. The van der Waals surface area contributed by atoms with Gasteiger partial charge in [-0.1, -0.05) is 46.8 Å². The van der Waals surface area contributed by atoms with Gasteiger partial charge in [-0.3, -0.25) is 0 Å². The Hall–Kier alpha value is -0.920. The Kier molecular flexibility index (Phi) is 3.72. The van der Waals surface area contributed by atoms with Crippen LogP contribution in [0.2, 0.25) is 0 Å². The predicted octanol–water partition coefficient (Wildman–Crippen LogP) is 4.68. The lowest BCUT2D eigenvalue weighted by Gasteiger charge is -2.38.